The summed E-state index contributed by atoms with van der Waals surface area (Å²) in [4.78, 5) is 37.4. The molecule has 0 saturated carbocycles. The van der Waals surface area contributed by atoms with Crippen molar-refractivity contribution in [2.75, 3.05) is 33.4 Å². The van der Waals surface area contributed by atoms with E-state index in [4.69, 9.17) is 14.2 Å². The van der Waals surface area contributed by atoms with Crippen LogP contribution < -0.4 is 10.1 Å². The van der Waals surface area contributed by atoms with Crippen LogP contribution in [-0.2, 0) is 19.1 Å². The second-order valence-corrected chi connectivity index (χ2v) is 6.13. The monoisotopic (exact) mass is 364 g/mol. The number of amides is 2. The highest BCUT2D eigenvalue weighted by atomic mass is 16.5. The zero-order valence-electron chi connectivity index (χ0n) is 15.2. The van der Waals surface area contributed by atoms with Gasteiger partial charge in [-0.25, -0.2) is 0 Å². The van der Waals surface area contributed by atoms with E-state index in [2.05, 4.69) is 5.32 Å². The Hall–Kier alpha value is -2.61. The summed E-state index contributed by atoms with van der Waals surface area (Å²) >= 11 is 0. The van der Waals surface area contributed by atoms with Gasteiger partial charge in [0.1, 0.15) is 12.3 Å². The average molecular weight is 364 g/mol. The summed E-state index contributed by atoms with van der Waals surface area (Å²) in [5.74, 6) is -0.727. The molecule has 8 heteroatoms. The van der Waals surface area contributed by atoms with Crippen molar-refractivity contribution in [2.45, 2.75) is 26.1 Å². The third-order valence-electron chi connectivity index (χ3n) is 3.87. The number of carbonyl (C=O) groups is 3. The van der Waals surface area contributed by atoms with E-state index in [1.165, 1.54) is 7.11 Å². The van der Waals surface area contributed by atoms with Crippen LogP contribution in [0.5, 0.6) is 5.75 Å². The smallest absolute Gasteiger partial charge is 0.325 e. The maximum atomic E-state index is 12.1. The Morgan fingerprint density at radius 2 is 1.77 bits per heavy atom. The molecule has 1 aromatic carbocycles. The fourth-order valence-corrected chi connectivity index (χ4v) is 2.66. The lowest BCUT2D eigenvalue weighted by Gasteiger charge is -2.35. The van der Waals surface area contributed by atoms with Crippen molar-refractivity contribution in [3.63, 3.8) is 0 Å². The number of morpholine rings is 1. The number of benzene rings is 1. The SMILES string of the molecule is COc1ccc(C(=O)NCC(=O)OCC(=O)N2C[C@@H](C)O[C@@H](C)C2)cc1. The van der Waals surface area contributed by atoms with Gasteiger partial charge in [0.15, 0.2) is 6.61 Å². The van der Waals surface area contributed by atoms with Crippen LogP contribution >= 0.6 is 0 Å². The highest BCUT2D eigenvalue weighted by molar-refractivity contribution is 5.96. The van der Waals surface area contributed by atoms with Gasteiger partial charge in [-0.1, -0.05) is 0 Å². The highest BCUT2D eigenvalue weighted by Gasteiger charge is 2.26. The predicted molar refractivity (Wildman–Crippen MR) is 92.9 cm³/mol. The van der Waals surface area contributed by atoms with Gasteiger partial charge >= 0.3 is 5.97 Å². The van der Waals surface area contributed by atoms with Crippen LogP contribution in [0.1, 0.15) is 24.2 Å². The van der Waals surface area contributed by atoms with E-state index >= 15 is 0 Å². The molecule has 0 spiro atoms. The number of nitrogens with one attached hydrogen (secondary N) is 1. The second-order valence-electron chi connectivity index (χ2n) is 6.13. The molecule has 1 aromatic rings. The Morgan fingerprint density at radius 3 is 2.35 bits per heavy atom. The van der Waals surface area contributed by atoms with E-state index in [9.17, 15) is 14.4 Å². The van der Waals surface area contributed by atoms with Crippen LogP contribution in [0.25, 0.3) is 0 Å². The number of rotatable bonds is 6. The lowest BCUT2D eigenvalue weighted by atomic mass is 10.2. The highest BCUT2D eigenvalue weighted by Crippen LogP contribution is 2.11. The maximum Gasteiger partial charge on any atom is 0.325 e. The molecule has 2 amide bonds. The molecule has 26 heavy (non-hydrogen) atoms. The van der Waals surface area contributed by atoms with Gasteiger partial charge in [-0.2, -0.15) is 0 Å². The molecule has 0 aliphatic carbocycles. The number of hydrogen-bond acceptors (Lipinski definition) is 6. The fraction of sp³-hybridized carbons (Fsp3) is 0.500. The molecule has 1 saturated heterocycles. The molecule has 2 atom stereocenters. The molecule has 1 heterocycles. The first-order chi connectivity index (χ1) is 12.4. The lowest BCUT2D eigenvalue weighted by Crippen LogP contribution is -2.49. The van der Waals surface area contributed by atoms with Crippen molar-refractivity contribution in [1.82, 2.24) is 10.2 Å². The molecule has 1 aliphatic heterocycles. The average Bonchev–Trinajstić information content (AvgIpc) is 2.63. The Morgan fingerprint density at radius 1 is 1.15 bits per heavy atom. The van der Waals surface area contributed by atoms with Gasteiger partial charge < -0.3 is 24.4 Å². The third-order valence-corrected chi connectivity index (χ3v) is 3.87. The van der Waals surface area contributed by atoms with Gasteiger partial charge in [0, 0.05) is 18.7 Å². The topological polar surface area (TPSA) is 94.2 Å². The standard InChI is InChI=1S/C18H24N2O6/c1-12-9-20(10-13(2)26-12)16(21)11-25-17(22)8-19-18(23)14-4-6-15(24-3)7-5-14/h4-7,12-13H,8-11H2,1-3H3,(H,19,23)/t12-,13+. The quantitative estimate of drug-likeness (QED) is 0.743. The molecule has 0 aromatic heterocycles. The molecule has 2 rings (SSSR count). The minimum Gasteiger partial charge on any atom is -0.497 e. The number of hydrogen-bond donors (Lipinski definition) is 1. The van der Waals surface area contributed by atoms with Gasteiger partial charge in [-0.05, 0) is 38.1 Å². The van der Waals surface area contributed by atoms with Crippen LogP contribution in [0.15, 0.2) is 24.3 Å². The first kappa shape index (κ1) is 19.7. The number of ether oxygens (including phenoxy) is 3. The molecular weight excluding hydrogens is 340 g/mol. The van der Waals surface area contributed by atoms with Crippen LogP contribution in [0.2, 0.25) is 0 Å². The lowest BCUT2D eigenvalue weighted by molar-refractivity contribution is -0.156. The Bertz CT molecular complexity index is 636. The van der Waals surface area contributed by atoms with Gasteiger partial charge in [0.05, 0.1) is 19.3 Å². The number of esters is 1. The number of nitrogens with zero attached hydrogens (tertiary/aromatic N) is 1. The van der Waals surface area contributed by atoms with Crippen molar-refractivity contribution in [3.8, 4) is 5.75 Å². The Kier molecular flexibility index (Phi) is 6.97. The first-order valence-corrected chi connectivity index (χ1v) is 8.40. The number of methoxy groups -OCH3 is 1. The van der Waals surface area contributed by atoms with E-state index < -0.39 is 11.9 Å². The maximum absolute atomic E-state index is 12.1. The summed E-state index contributed by atoms with van der Waals surface area (Å²) in [6.07, 6.45) is -0.107. The van der Waals surface area contributed by atoms with Crippen LogP contribution in [0, 0.1) is 0 Å². The summed E-state index contributed by atoms with van der Waals surface area (Å²) in [5.41, 5.74) is 0.394. The molecule has 1 aliphatic rings. The zero-order chi connectivity index (χ0) is 19.1. The van der Waals surface area contributed by atoms with Crippen molar-refractivity contribution in [3.05, 3.63) is 29.8 Å². The van der Waals surface area contributed by atoms with E-state index in [1.54, 1.807) is 29.2 Å². The molecule has 8 nitrogen and oxygen atoms in total. The van der Waals surface area contributed by atoms with Crippen molar-refractivity contribution in [1.29, 1.82) is 0 Å². The normalized spacial score (nSPS) is 19.6. The first-order valence-electron chi connectivity index (χ1n) is 8.40. The second kappa shape index (κ2) is 9.19. The van der Waals surface area contributed by atoms with Crippen molar-refractivity contribution < 1.29 is 28.6 Å². The van der Waals surface area contributed by atoms with Crippen LogP contribution in [0.3, 0.4) is 0 Å². The van der Waals surface area contributed by atoms with Gasteiger partial charge in [0.2, 0.25) is 0 Å². The fourth-order valence-electron chi connectivity index (χ4n) is 2.66. The molecule has 0 unspecified atom stereocenters. The molecular formula is C18H24N2O6. The van der Waals surface area contributed by atoms with Gasteiger partial charge in [0.25, 0.3) is 11.8 Å². The van der Waals surface area contributed by atoms with Crippen LogP contribution in [-0.4, -0.2) is 68.2 Å². The summed E-state index contributed by atoms with van der Waals surface area (Å²) in [7, 11) is 1.53. The summed E-state index contributed by atoms with van der Waals surface area (Å²) in [6.45, 7) is 4.04. The van der Waals surface area contributed by atoms with E-state index in [-0.39, 0.29) is 31.3 Å². The molecule has 142 valence electrons. The molecule has 0 bridgehead atoms. The van der Waals surface area contributed by atoms with E-state index in [1.807, 2.05) is 13.8 Å². The van der Waals surface area contributed by atoms with Gasteiger partial charge in [-0.15, -0.1) is 0 Å². The Labute approximate surface area is 152 Å². The van der Waals surface area contributed by atoms with Crippen molar-refractivity contribution >= 4 is 17.8 Å². The van der Waals surface area contributed by atoms with Crippen LogP contribution in [0.4, 0.5) is 0 Å². The van der Waals surface area contributed by atoms with E-state index in [0.29, 0.717) is 24.4 Å². The summed E-state index contributed by atoms with van der Waals surface area (Å²) < 4.78 is 15.5. The summed E-state index contributed by atoms with van der Waals surface area (Å²) in [6, 6.07) is 6.47. The minimum absolute atomic E-state index is 0.0535. The third kappa shape index (κ3) is 5.73. The summed E-state index contributed by atoms with van der Waals surface area (Å²) in [5, 5.41) is 2.45. The van der Waals surface area contributed by atoms with Gasteiger partial charge in [-0.3, -0.25) is 14.4 Å². The molecule has 0 radical (unpaired) electrons. The minimum atomic E-state index is -0.672. The van der Waals surface area contributed by atoms with E-state index in [0.717, 1.165) is 0 Å². The van der Waals surface area contributed by atoms with Crippen molar-refractivity contribution in [2.24, 2.45) is 0 Å². The molecule has 1 N–H and O–H groups in total. The molecule has 1 fully saturated rings. The number of carbonyl (C=O) groups excluding carboxylic acids is 3. The largest absolute Gasteiger partial charge is 0.497 e. The Balaban J connectivity index is 1.72. The predicted octanol–water partition coefficient (Wildman–Crippen LogP) is 0.604. The zero-order valence-corrected chi connectivity index (χ0v) is 15.2.